The molecule has 3 N–H and O–H groups in total. The maximum absolute atomic E-state index is 9.31. The molecule has 0 spiro atoms. The Morgan fingerprint density at radius 3 is 2.69 bits per heavy atom. The third-order valence-electron chi connectivity index (χ3n) is 2.20. The van der Waals surface area contributed by atoms with E-state index in [1.807, 2.05) is 12.1 Å². The molecule has 2 rings (SSSR count). The van der Waals surface area contributed by atoms with Crippen molar-refractivity contribution in [2.45, 2.75) is 6.54 Å². The number of hydrogen-bond donors (Lipinski definition) is 3. The van der Waals surface area contributed by atoms with Crippen molar-refractivity contribution in [1.29, 1.82) is 0 Å². The van der Waals surface area contributed by atoms with Gasteiger partial charge < -0.3 is 15.5 Å². The van der Waals surface area contributed by atoms with E-state index in [0.29, 0.717) is 6.54 Å². The van der Waals surface area contributed by atoms with Crippen LogP contribution < -0.4 is 5.32 Å². The maximum atomic E-state index is 9.31. The van der Waals surface area contributed by atoms with Gasteiger partial charge in [0.2, 0.25) is 0 Å². The first-order valence-corrected chi connectivity index (χ1v) is 4.90. The first-order valence-electron chi connectivity index (χ1n) is 4.90. The number of aromatic hydroxyl groups is 2. The van der Waals surface area contributed by atoms with E-state index in [1.54, 1.807) is 18.5 Å². The van der Waals surface area contributed by atoms with E-state index >= 15 is 0 Å². The molecule has 0 atom stereocenters. The van der Waals surface area contributed by atoms with Crippen molar-refractivity contribution in [3.8, 4) is 11.5 Å². The predicted octanol–water partition coefficient (Wildman–Crippen LogP) is 2.10. The molecular weight excluding hydrogens is 204 g/mol. The molecule has 4 heteroatoms. The Morgan fingerprint density at radius 2 is 2.00 bits per heavy atom. The van der Waals surface area contributed by atoms with Gasteiger partial charge in [0.05, 0.1) is 5.69 Å². The number of pyridine rings is 1. The zero-order valence-corrected chi connectivity index (χ0v) is 8.59. The van der Waals surface area contributed by atoms with E-state index in [1.165, 1.54) is 12.1 Å². The molecule has 0 bridgehead atoms. The minimum atomic E-state index is -0.106. The fourth-order valence-corrected chi connectivity index (χ4v) is 1.35. The summed E-state index contributed by atoms with van der Waals surface area (Å²) in [6.07, 6.45) is 3.43. The highest BCUT2D eigenvalue weighted by molar-refractivity contribution is 5.44. The number of nitrogens with zero attached hydrogens (tertiary/aromatic N) is 1. The molecule has 1 aromatic carbocycles. The van der Waals surface area contributed by atoms with Gasteiger partial charge in [0.25, 0.3) is 0 Å². The molecule has 4 nitrogen and oxygen atoms in total. The van der Waals surface area contributed by atoms with E-state index in [9.17, 15) is 5.11 Å². The highest BCUT2D eigenvalue weighted by Crippen LogP contribution is 2.25. The van der Waals surface area contributed by atoms with Gasteiger partial charge in [0, 0.05) is 18.9 Å². The summed E-state index contributed by atoms with van der Waals surface area (Å²) in [5, 5.41) is 21.6. The van der Waals surface area contributed by atoms with Gasteiger partial charge in [-0.15, -0.1) is 0 Å². The predicted molar refractivity (Wildman–Crippen MR) is 61.3 cm³/mol. The fourth-order valence-electron chi connectivity index (χ4n) is 1.35. The van der Waals surface area contributed by atoms with Gasteiger partial charge in [-0.1, -0.05) is 6.07 Å². The average Bonchev–Trinajstić information content (AvgIpc) is 2.32. The van der Waals surface area contributed by atoms with Crippen molar-refractivity contribution in [2.75, 3.05) is 5.32 Å². The third kappa shape index (κ3) is 2.42. The number of phenolic OH excluding ortho intramolecular Hbond substituents is 2. The van der Waals surface area contributed by atoms with Crippen LogP contribution >= 0.6 is 0 Å². The molecule has 0 saturated heterocycles. The number of rotatable bonds is 3. The summed E-state index contributed by atoms with van der Waals surface area (Å²) in [6, 6.07) is 8.50. The standard InChI is InChI=1S/C12H12N2O2/c15-11-4-3-9(6-12(11)16)7-14-10-2-1-5-13-8-10/h1-6,8,14-16H,7H2. The normalized spacial score (nSPS) is 10.0. The largest absolute Gasteiger partial charge is 0.504 e. The smallest absolute Gasteiger partial charge is 0.157 e. The average molecular weight is 216 g/mol. The second kappa shape index (κ2) is 4.53. The Bertz CT molecular complexity index is 472. The van der Waals surface area contributed by atoms with Gasteiger partial charge in [0.15, 0.2) is 11.5 Å². The molecule has 0 saturated carbocycles. The highest BCUT2D eigenvalue weighted by atomic mass is 16.3. The monoisotopic (exact) mass is 216 g/mol. The van der Waals surface area contributed by atoms with Gasteiger partial charge in [-0.25, -0.2) is 0 Å². The second-order valence-corrected chi connectivity index (χ2v) is 3.42. The van der Waals surface area contributed by atoms with Crippen molar-refractivity contribution < 1.29 is 10.2 Å². The zero-order valence-electron chi connectivity index (χ0n) is 8.59. The summed E-state index contributed by atoms with van der Waals surface area (Å²) in [4.78, 5) is 3.98. The molecule has 0 aliphatic heterocycles. The highest BCUT2D eigenvalue weighted by Gasteiger charge is 2.00. The summed E-state index contributed by atoms with van der Waals surface area (Å²) in [7, 11) is 0. The van der Waals surface area contributed by atoms with Gasteiger partial charge in [-0.05, 0) is 29.8 Å². The molecule has 16 heavy (non-hydrogen) atoms. The Morgan fingerprint density at radius 1 is 1.12 bits per heavy atom. The molecule has 0 aliphatic rings. The molecule has 0 unspecified atom stereocenters. The lowest BCUT2D eigenvalue weighted by Gasteiger charge is -2.06. The quantitative estimate of drug-likeness (QED) is 0.687. The van der Waals surface area contributed by atoms with Gasteiger partial charge in [-0.3, -0.25) is 4.98 Å². The molecule has 0 amide bonds. The molecule has 1 heterocycles. The first-order chi connectivity index (χ1) is 7.75. The summed E-state index contributed by atoms with van der Waals surface area (Å²) in [5.74, 6) is -0.212. The summed E-state index contributed by atoms with van der Waals surface area (Å²) >= 11 is 0. The van der Waals surface area contributed by atoms with E-state index in [2.05, 4.69) is 10.3 Å². The lowest BCUT2D eigenvalue weighted by atomic mass is 10.2. The Kier molecular flexibility index (Phi) is 2.91. The van der Waals surface area contributed by atoms with Gasteiger partial charge >= 0.3 is 0 Å². The van der Waals surface area contributed by atoms with Crippen LogP contribution in [0, 0.1) is 0 Å². The van der Waals surface area contributed by atoms with Gasteiger partial charge in [-0.2, -0.15) is 0 Å². The van der Waals surface area contributed by atoms with Crippen molar-refractivity contribution in [1.82, 2.24) is 4.98 Å². The molecule has 82 valence electrons. The van der Waals surface area contributed by atoms with Crippen molar-refractivity contribution in [2.24, 2.45) is 0 Å². The number of nitrogens with one attached hydrogen (secondary N) is 1. The van der Waals surface area contributed by atoms with Crippen LogP contribution in [0.5, 0.6) is 11.5 Å². The van der Waals surface area contributed by atoms with E-state index in [4.69, 9.17) is 5.11 Å². The van der Waals surface area contributed by atoms with Crippen LogP contribution in [0.15, 0.2) is 42.7 Å². The Hall–Kier alpha value is -2.23. The Labute approximate surface area is 93.2 Å². The summed E-state index contributed by atoms with van der Waals surface area (Å²) in [6.45, 7) is 0.569. The lowest BCUT2D eigenvalue weighted by molar-refractivity contribution is 0.403. The minimum absolute atomic E-state index is 0.106. The van der Waals surface area contributed by atoms with Crippen LogP contribution in [-0.2, 0) is 6.54 Å². The van der Waals surface area contributed by atoms with Crippen molar-refractivity contribution in [3.63, 3.8) is 0 Å². The number of benzene rings is 1. The number of phenols is 2. The SMILES string of the molecule is Oc1ccc(CNc2cccnc2)cc1O. The maximum Gasteiger partial charge on any atom is 0.157 e. The molecule has 0 fully saturated rings. The lowest BCUT2D eigenvalue weighted by Crippen LogP contribution is -1.99. The van der Waals surface area contributed by atoms with E-state index in [-0.39, 0.29) is 11.5 Å². The minimum Gasteiger partial charge on any atom is -0.504 e. The van der Waals surface area contributed by atoms with E-state index in [0.717, 1.165) is 11.3 Å². The molecule has 1 aromatic heterocycles. The van der Waals surface area contributed by atoms with Gasteiger partial charge in [0.1, 0.15) is 0 Å². The Balaban J connectivity index is 2.03. The molecule has 0 radical (unpaired) electrons. The van der Waals surface area contributed by atoms with Crippen LogP contribution in [0.4, 0.5) is 5.69 Å². The zero-order chi connectivity index (χ0) is 11.4. The number of hydrogen-bond acceptors (Lipinski definition) is 4. The van der Waals surface area contributed by atoms with Crippen molar-refractivity contribution >= 4 is 5.69 Å². The summed E-state index contributed by atoms with van der Waals surface area (Å²) in [5.41, 5.74) is 1.80. The van der Waals surface area contributed by atoms with Crippen LogP contribution in [0.3, 0.4) is 0 Å². The fraction of sp³-hybridized carbons (Fsp3) is 0.0833. The van der Waals surface area contributed by atoms with Crippen LogP contribution in [0.1, 0.15) is 5.56 Å². The van der Waals surface area contributed by atoms with Crippen LogP contribution in [0.25, 0.3) is 0 Å². The molecule has 0 aliphatic carbocycles. The number of anilines is 1. The number of aromatic nitrogens is 1. The molecular formula is C12H12N2O2. The topological polar surface area (TPSA) is 65.4 Å². The van der Waals surface area contributed by atoms with Crippen molar-refractivity contribution in [3.05, 3.63) is 48.3 Å². The summed E-state index contributed by atoms with van der Waals surface area (Å²) < 4.78 is 0. The third-order valence-corrected chi connectivity index (χ3v) is 2.20. The second-order valence-electron chi connectivity index (χ2n) is 3.42. The van der Waals surface area contributed by atoms with Crippen LogP contribution in [-0.4, -0.2) is 15.2 Å². The first kappa shape index (κ1) is 10.3. The van der Waals surface area contributed by atoms with E-state index < -0.39 is 0 Å². The van der Waals surface area contributed by atoms with Crippen LogP contribution in [0.2, 0.25) is 0 Å². The molecule has 2 aromatic rings.